The summed E-state index contributed by atoms with van der Waals surface area (Å²) < 4.78 is 0. The highest BCUT2D eigenvalue weighted by atomic mass is 16.1. The Kier molecular flexibility index (Phi) is 2.75. The van der Waals surface area contributed by atoms with Crippen LogP contribution >= 0.6 is 0 Å². The molecule has 4 rings (SSSR count). The number of carbonyl (C=O) groups excluding carboxylic acids is 1. The van der Waals surface area contributed by atoms with Crippen LogP contribution in [0.3, 0.4) is 0 Å². The van der Waals surface area contributed by atoms with Crippen LogP contribution in [0.15, 0.2) is 43.0 Å². The van der Waals surface area contributed by atoms with E-state index >= 15 is 0 Å². The number of rotatable bonds is 3. The van der Waals surface area contributed by atoms with Gasteiger partial charge in [-0.2, -0.15) is 5.10 Å². The van der Waals surface area contributed by atoms with Gasteiger partial charge in [0.25, 0.3) is 0 Å². The van der Waals surface area contributed by atoms with Gasteiger partial charge in [0.1, 0.15) is 11.3 Å². The molecule has 106 valence electrons. The van der Waals surface area contributed by atoms with Gasteiger partial charge in [-0.05, 0) is 18.2 Å². The minimum atomic E-state index is 0.296. The Bertz CT molecular complexity index is 957. The largest absolute Gasteiger partial charge is 0.338 e. The minimum absolute atomic E-state index is 0.296. The molecule has 2 N–H and O–H groups in total. The van der Waals surface area contributed by atoms with Gasteiger partial charge in [0.15, 0.2) is 6.29 Å². The van der Waals surface area contributed by atoms with Crippen molar-refractivity contribution >= 4 is 17.3 Å². The number of pyridine rings is 1. The molecule has 0 aliphatic carbocycles. The van der Waals surface area contributed by atoms with E-state index in [0.29, 0.717) is 17.7 Å². The standard InChI is InChI=1S/C15H10N6O/c22-8-11-6-16-7-14(19-11)10-3-9-4-13(12-1-2-18-21-12)20-15(9)17-5-10/h1-8H,(H,17,20)(H,18,21). The van der Waals surface area contributed by atoms with Gasteiger partial charge in [-0.25, -0.2) is 9.97 Å². The van der Waals surface area contributed by atoms with Gasteiger partial charge in [0.2, 0.25) is 0 Å². The van der Waals surface area contributed by atoms with Crippen LogP contribution in [0.25, 0.3) is 33.7 Å². The maximum absolute atomic E-state index is 10.8. The summed E-state index contributed by atoms with van der Waals surface area (Å²) in [6, 6.07) is 5.82. The van der Waals surface area contributed by atoms with Crippen LogP contribution in [0.2, 0.25) is 0 Å². The molecular weight excluding hydrogens is 280 g/mol. The molecule has 0 radical (unpaired) electrons. The quantitative estimate of drug-likeness (QED) is 0.563. The number of aromatic amines is 2. The van der Waals surface area contributed by atoms with Crippen LogP contribution in [-0.4, -0.2) is 36.4 Å². The summed E-state index contributed by atoms with van der Waals surface area (Å²) in [5, 5.41) is 7.79. The van der Waals surface area contributed by atoms with Crippen molar-refractivity contribution in [3.63, 3.8) is 0 Å². The van der Waals surface area contributed by atoms with E-state index in [1.807, 2.05) is 18.2 Å². The van der Waals surface area contributed by atoms with Crippen LogP contribution in [-0.2, 0) is 0 Å². The molecule has 0 atom stereocenters. The number of hydrogen-bond acceptors (Lipinski definition) is 5. The van der Waals surface area contributed by atoms with Gasteiger partial charge in [0.05, 0.1) is 29.5 Å². The Morgan fingerprint density at radius 3 is 2.86 bits per heavy atom. The molecule has 0 spiro atoms. The predicted octanol–water partition coefficient (Wildman–Crippen LogP) is 2.22. The van der Waals surface area contributed by atoms with Gasteiger partial charge in [-0.1, -0.05) is 0 Å². The van der Waals surface area contributed by atoms with E-state index in [0.717, 1.165) is 28.0 Å². The average Bonchev–Trinajstić information content (AvgIpc) is 3.23. The van der Waals surface area contributed by atoms with Gasteiger partial charge in [-0.15, -0.1) is 0 Å². The van der Waals surface area contributed by atoms with Crippen molar-refractivity contribution in [1.82, 2.24) is 30.1 Å². The molecule has 0 saturated heterocycles. The number of nitrogens with one attached hydrogen (secondary N) is 2. The van der Waals surface area contributed by atoms with Crippen molar-refractivity contribution in [2.75, 3.05) is 0 Å². The number of aldehydes is 1. The highest BCUT2D eigenvalue weighted by Gasteiger charge is 2.08. The van der Waals surface area contributed by atoms with Gasteiger partial charge in [0, 0.05) is 23.3 Å². The second-order valence-corrected chi connectivity index (χ2v) is 4.76. The lowest BCUT2D eigenvalue weighted by atomic mass is 10.2. The number of fused-ring (bicyclic) bond motifs is 1. The Balaban J connectivity index is 1.81. The maximum atomic E-state index is 10.8. The van der Waals surface area contributed by atoms with Crippen molar-refractivity contribution in [2.45, 2.75) is 0 Å². The maximum Gasteiger partial charge on any atom is 0.170 e. The summed E-state index contributed by atoms with van der Waals surface area (Å²) in [7, 11) is 0. The third-order valence-electron chi connectivity index (χ3n) is 3.33. The van der Waals surface area contributed by atoms with Crippen LogP contribution in [0, 0.1) is 0 Å². The number of carbonyl (C=O) groups is 1. The first-order valence-corrected chi connectivity index (χ1v) is 6.59. The van der Waals surface area contributed by atoms with Crippen LogP contribution in [0.5, 0.6) is 0 Å². The number of aromatic nitrogens is 6. The molecule has 0 bridgehead atoms. The van der Waals surface area contributed by atoms with Gasteiger partial charge >= 0.3 is 0 Å². The fraction of sp³-hybridized carbons (Fsp3) is 0. The fourth-order valence-corrected chi connectivity index (χ4v) is 2.28. The van der Waals surface area contributed by atoms with Crippen molar-refractivity contribution in [3.8, 4) is 22.6 Å². The summed E-state index contributed by atoms with van der Waals surface area (Å²) in [5.41, 5.74) is 4.28. The number of H-pyrrole nitrogens is 2. The fourth-order valence-electron chi connectivity index (χ4n) is 2.28. The van der Waals surface area contributed by atoms with E-state index in [-0.39, 0.29) is 0 Å². The highest BCUT2D eigenvalue weighted by Crippen LogP contribution is 2.25. The van der Waals surface area contributed by atoms with E-state index in [2.05, 4.69) is 30.1 Å². The molecule has 0 aromatic carbocycles. The number of nitrogens with zero attached hydrogens (tertiary/aromatic N) is 4. The molecular formula is C15H10N6O. The van der Waals surface area contributed by atoms with Gasteiger partial charge < -0.3 is 4.98 Å². The molecule has 0 saturated carbocycles. The van der Waals surface area contributed by atoms with Crippen LogP contribution < -0.4 is 0 Å². The summed E-state index contributed by atoms with van der Waals surface area (Å²) in [5.74, 6) is 0. The van der Waals surface area contributed by atoms with E-state index in [9.17, 15) is 4.79 Å². The van der Waals surface area contributed by atoms with Crippen molar-refractivity contribution in [1.29, 1.82) is 0 Å². The minimum Gasteiger partial charge on any atom is -0.338 e. The first kappa shape index (κ1) is 12.4. The zero-order valence-corrected chi connectivity index (χ0v) is 11.3. The Morgan fingerprint density at radius 2 is 2.05 bits per heavy atom. The molecule has 7 nitrogen and oxygen atoms in total. The van der Waals surface area contributed by atoms with Crippen LogP contribution in [0.1, 0.15) is 10.5 Å². The van der Waals surface area contributed by atoms with Crippen molar-refractivity contribution in [3.05, 3.63) is 48.7 Å². The molecule has 22 heavy (non-hydrogen) atoms. The summed E-state index contributed by atoms with van der Waals surface area (Å²) in [4.78, 5) is 26.7. The molecule has 4 heterocycles. The first-order chi connectivity index (χ1) is 10.8. The summed E-state index contributed by atoms with van der Waals surface area (Å²) >= 11 is 0. The Labute approximate surface area is 124 Å². The molecule has 0 fully saturated rings. The zero-order chi connectivity index (χ0) is 14.9. The first-order valence-electron chi connectivity index (χ1n) is 6.59. The Hall–Kier alpha value is -3.35. The lowest BCUT2D eigenvalue weighted by molar-refractivity contribution is 0.111. The smallest absolute Gasteiger partial charge is 0.170 e. The van der Waals surface area contributed by atoms with E-state index < -0.39 is 0 Å². The normalized spacial score (nSPS) is 10.9. The molecule has 7 heteroatoms. The van der Waals surface area contributed by atoms with Gasteiger partial charge in [-0.3, -0.25) is 14.9 Å². The zero-order valence-electron chi connectivity index (χ0n) is 11.3. The monoisotopic (exact) mass is 290 g/mol. The summed E-state index contributed by atoms with van der Waals surface area (Å²) in [6.45, 7) is 0. The molecule has 0 aliphatic rings. The SMILES string of the molecule is O=Cc1cncc(-c2cnc3[nH]c(-c4ccn[nH]4)cc3c2)n1. The predicted molar refractivity (Wildman–Crippen MR) is 80.1 cm³/mol. The second-order valence-electron chi connectivity index (χ2n) is 4.76. The molecule has 0 unspecified atom stereocenters. The summed E-state index contributed by atoms with van der Waals surface area (Å²) in [6.07, 6.45) is 7.11. The third-order valence-corrected chi connectivity index (χ3v) is 3.33. The van der Waals surface area contributed by atoms with E-state index in [4.69, 9.17) is 0 Å². The second kappa shape index (κ2) is 4.88. The third kappa shape index (κ3) is 2.05. The molecule has 0 amide bonds. The topological polar surface area (TPSA) is 100 Å². The van der Waals surface area contributed by atoms with Crippen LogP contribution in [0.4, 0.5) is 0 Å². The highest BCUT2D eigenvalue weighted by molar-refractivity contribution is 5.85. The van der Waals surface area contributed by atoms with E-state index in [1.165, 1.54) is 6.20 Å². The molecule has 4 aromatic rings. The number of hydrogen-bond donors (Lipinski definition) is 2. The van der Waals surface area contributed by atoms with Crippen molar-refractivity contribution < 1.29 is 4.79 Å². The van der Waals surface area contributed by atoms with Crippen molar-refractivity contribution in [2.24, 2.45) is 0 Å². The molecule has 4 aromatic heterocycles. The lowest BCUT2D eigenvalue weighted by Gasteiger charge is -2.00. The average molecular weight is 290 g/mol. The molecule has 0 aliphatic heterocycles. The van der Waals surface area contributed by atoms with E-state index in [1.54, 1.807) is 18.6 Å². The lowest BCUT2D eigenvalue weighted by Crippen LogP contribution is -1.92. The Morgan fingerprint density at radius 1 is 1.09 bits per heavy atom.